The van der Waals surface area contributed by atoms with Gasteiger partial charge in [-0.25, -0.2) is 18.4 Å². The highest BCUT2D eigenvalue weighted by Crippen LogP contribution is 2.44. The minimum absolute atomic E-state index is 0.0425. The van der Waals surface area contributed by atoms with Crippen molar-refractivity contribution in [3.63, 3.8) is 0 Å². The number of fused-ring (bicyclic) bond motifs is 1. The van der Waals surface area contributed by atoms with E-state index < -0.39 is 15.3 Å². The van der Waals surface area contributed by atoms with Crippen LogP contribution in [0.15, 0.2) is 11.4 Å². The molecule has 1 aliphatic carbocycles. The predicted octanol–water partition coefficient (Wildman–Crippen LogP) is 0.218. The molecule has 1 spiro atoms. The predicted molar refractivity (Wildman–Crippen MR) is 88.6 cm³/mol. The van der Waals surface area contributed by atoms with E-state index in [2.05, 4.69) is 15.3 Å². The van der Waals surface area contributed by atoms with Crippen molar-refractivity contribution < 1.29 is 18.0 Å². The fourth-order valence-corrected chi connectivity index (χ4v) is 4.66. The van der Waals surface area contributed by atoms with Crippen LogP contribution in [-0.2, 0) is 25.8 Å². The number of nitrogens with one attached hydrogen (secondary N) is 1. The molecule has 0 radical (unpaired) electrons. The number of hydrogen-bond donors (Lipinski definition) is 1. The monoisotopic (exact) mass is 364 g/mol. The van der Waals surface area contributed by atoms with Crippen LogP contribution in [0, 0.1) is 5.41 Å². The molecule has 4 rings (SSSR count). The van der Waals surface area contributed by atoms with Gasteiger partial charge in [0.25, 0.3) is 0 Å². The molecule has 8 nitrogen and oxygen atoms in total. The minimum Gasteiger partial charge on any atom is -0.355 e. The van der Waals surface area contributed by atoms with E-state index in [-0.39, 0.29) is 29.4 Å². The Morgan fingerprint density at radius 3 is 2.60 bits per heavy atom. The van der Waals surface area contributed by atoms with Crippen molar-refractivity contribution in [3.8, 4) is 0 Å². The first kappa shape index (κ1) is 16.4. The van der Waals surface area contributed by atoms with E-state index in [0.29, 0.717) is 24.3 Å². The Morgan fingerprint density at radius 1 is 1.28 bits per heavy atom. The molecule has 1 N–H and O–H groups in total. The molecule has 2 amide bonds. The number of anilines is 1. The molecule has 134 valence electrons. The maximum atomic E-state index is 13.3. The van der Waals surface area contributed by atoms with Gasteiger partial charge < -0.3 is 5.32 Å². The summed E-state index contributed by atoms with van der Waals surface area (Å²) in [6, 6.07) is -0.0425. The third kappa shape index (κ3) is 2.44. The lowest BCUT2D eigenvalue weighted by molar-refractivity contribution is -0.140. The first-order valence-corrected chi connectivity index (χ1v) is 10.4. The van der Waals surface area contributed by atoms with E-state index in [1.165, 1.54) is 6.20 Å². The van der Waals surface area contributed by atoms with Crippen molar-refractivity contribution in [2.75, 3.05) is 17.7 Å². The quantitative estimate of drug-likeness (QED) is 0.594. The van der Waals surface area contributed by atoms with E-state index in [4.69, 9.17) is 0 Å². The van der Waals surface area contributed by atoms with Gasteiger partial charge in [0.15, 0.2) is 0 Å². The zero-order valence-electron chi connectivity index (χ0n) is 14.0. The average Bonchev–Trinajstić information content (AvgIpc) is 3.19. The number of aromatic nitrogens is 2. The van der Waals surface area contributed by atoms with Gasteiger partial charge in [0.2, 0.25) is 26.8 Å². The molecular formula is C16H20N4O4S. The van der Waals surface area contributed by atoms with E-state index in [1.54, 1.807) is 4.90 Å². The first-order chi connectivity index (χ1) is 11.8. The number of carbonyl (C=O) groups is 2. The van der Waals surface area contributed by atoms with Crippen molar-refractivity contribution in [1.29, 1.82) is 0 Å². The van der Waals surface area contributed by atoms with Gasteiger partial charge in [0, 0.05) is 37.0 Å². The van der Waals surface area contributed by atoms with Crippen LogP contribution in [0.1, 0.15) is 37.7 Å². The summed E-state index contributed by atoms with van der Waals surface area (Å²) in [6.45, 7) is 0.473. The van der Waals surface area contributed by atoms with Crippen LogP contribution in [0.4, 0.5) is 5.82 Å². The van der Waals surface area contributed by atoms with Crippen LogP contribution in [0.3, 0.4) is 0 Å². The molecule has 2 aliphatic heterocycles. The van der Waals surface area contributed by atoms with Crippen molar-refractivity contribution in [3.05, 3.63) is 11.8 Å². The molecule has 0 aromatic carbocycles. The molecule has 3 aliphatic rings. The second-order valence-electron chi connectivity index (χ2n) is 7.15. The lowest BCUT2D eigenvalue weighted by atomic mass is 9.76. The van der Waals surface area contributed by atoms with Gasteiger partial charge >= 0.3 is 0 Å². The summed E-state index contributed by atoms with van der Waals surface area (Å²) >= 11 is 0. The highest BCUT2D eigenvalue weighted by molar-refractivity contribution is 7.90. The van der Waals surface area contributed by atoms with Crippen LogP contribution < -0.4 is 10.2 Å². The largest absolute Gasteiger partial charge is 0.355 e. The summed E-state index contributed by atoms with van der Waals surface area (Å²) in [4.78, 5) is 35.6. The number of rotatable bonds is 2. The van der Waals surface area contributed by atoms with E-state index >= 15 is 0 Å². The normalized spacial score (nSPS) is 27.0. The van der Waals surface area contributed by atoms with Gasteiger partial charge in [0.1, 0.15) is 11.2 Å². The number of amides is 2. The molecule has 1 atom stereocenters. The maximum Gasteiger partial charge on any atom is 0.248 e. The Kier molecular flexibility index (Phi) is 3.61. The molecule has 1 aromatic rings. The summed E-state index contributed by atoms with van der Waals surface area (Å²) in [5.41, 5.74) is -0.443. The molecule has 3 heterocycles. The van der Waals surface area contributed by atoms with Crippen LogP contribution in [0.5, 0.6) is 0 Å². The van der Waals surface area contributed by atoms with E-state index in [0.717, 1.165) is 31.9 Å². The summed E-state index contributed by atoms with van der Waals surface area (Å²) in [7, 11) is -3.58. The fourth-order valence-electron chi connectivity index (χ4n) is 4.17. The van der Waals surface area contributed by atoms with Crippen LogP contribution in [-0.4, -0.2) is 49.0 Å². The molecule has 1 saturated carbocycles. The maximum absolute atomic E-state index is 13.3. The first-order valence-electron chi connectivity index (χ1n) is 8.51. The Labute approximate surface area is 145 Å². The van der Waals surface area contributed by atoms with Crippen molar-refractivity contribution in [2.24, 2.45) is 5.41 Å². The molecule has 1 aromatic heterocycles. The molecule has 25 heavy (non-hydrogen) atoms. The molecule has 1 unspecified atom stereocenters. The van der Waals surface area contributed by atoms with Gasteiger partial charge in [-0.2, -0.15) is 0 Å². The average molecular weight is 364 g/mol. The lowest BCUT2D eigenvalue weighted by Crippen LogP contribution is -2.56. The molecule has 2 fully saturated rings. The van der Waals surface area contributed by atoms with Crippen molar-refractivity contribution in [2.45, 2.75) is 49.7 Å². The number of nitrogens with zero attached hydrogens (tertiary/aromatic N) is 3. The van der Waals surface area contributed by atoms with Crippen LogP contribution in [0.25, 0.3) is 0 Å². The Morgan fingerprint density at radius 2 is 2.00 bits per heavy atom. The number of hydrogen-bond acceptors (Lipinski definition) is 6. The summed E-state index contributed by atoms with van der Waals surface area (Å²) in [6.07, 6.45) is 6.86. The van der Waals surface area contributed by atoms with Crippen molar-refractivity contribution in [1.82, 2.24) is 15.3 Å². The molecule has 0 bridgehead atoms. The highest BCUT2D eigenvalue weighted by Gasteiger charge is 2.56. The van der Waals surface area contributed by atoms with Crippen molar-refractivity contribution >= 4 is 27.5 Å². The van der Waals surface area contributed by atoms with Gasteiger partial charge in [-0.1, -0.05) is 12.8 Å². The third-order valence-electron chi connectivity index (χ3n) is 5.46. The van der Waals surface area contributed by atoms with Gasteiger partial charge in [-0.15, -0.1) is 0 Å². The topological polar surface area (TPSA) is 109 Å². The Bertz CT molecular complexity index is 863. The standard InChI is InChI=1S/C16H20N4O4S/c1-25(23,24)15-18-9-10-8-16(6-7-17-13(16)21)14(22)20(12(10)19-15)11-4-2-3-5-11/h9,11H,2-8H2,1H3,(H,17,21). The van der Waals surface area contributed by atoms with Gasteiger partial charge in [-0.3, -0.25) is 14.5 Å². The number of sulfone groups is 1. The summed E-state index contributed by atoms with van der Waals surface area (Å²) < 4.78 is 23.7. The second-order valence-corrected chi connectivity index (χ2v) is 9.06. The Hall–Kier alpha value is -2.03. The Balaban J connectivity index is 1.88. The summed E-state index contributed by atoms with van der Waals surface area (Å²) in [5, 5.41) is 2.48. The van der Waals surface area contributed by atoms with Gasteiger partial charge in [0.05, 0.1) is 0 Å². The summed E-state index contributed by atoms with van der Waals surface area (Å²) in [5.74, 6) is -0.143. The van der Waals surface area contributed by atoms with Gasteiger partial charge in [-0.05, 0) is 19.3 Å². The molecular weight excluding hydrogens is 344 g/mol. The number of carbonyl (C=O) groups excluding carboxylic acids is 2. The second kappa shape index (κ2) is 5.48. The minimum atomic E-state index is -3.58. The van der Waals surface area contributed by atoms with E-state index in [9.17, 15) is 18.0 Å². The SMILES string of the molecule is CS(=O)(=O)c1ncc2c(n1)N(C1CCCC1)C(=O)C1(CCNC1=O)C2. The van der Waals surface area contributed by atoms with Crippen LogP contribution >= 0.6 is 0 Å². The lowest BCUT2D eigenvalue weighted by Gasteiger charge is -2.40. The highest BCUT2D eigenvalue weighted by atomic mass is 32.2. The third-order valence-corrected chi connectivity index (χ3v) is 6.32. The van der Waals surface area contributed by atoms with E-state index in [1.807, 2.05) is 0 Å². The fraction of sp³-hybridized carbons (Fsp3) is 0.625. The van der Waals surface area contributed by atoms with Crippen LogP contribution in [0.2, 0.25) is 0 Å². The zero-order valence-corrected chi connectivity index (χ0v) is 14.8. The molecule has 9 heteroatoms. The molecule has 1 saturated heterocycles. The zero-order chi connectivity index (χ0) is 17.8. The smallest absolute Gasteiger partial charge is 0.248 e.